The number of carbonyl (C=O) groups excluding carboxylic acids is 1. The summed E-state index contributed by atoms with van der Waals surface area (Å²) in [6.45, 7) is 2.68. The summed E-state index contributed by atoms with van der Waals surface area (Å²) >= 11 is 0. The number of oxazole rings is 1. The molecular weight excluding hydrogens is 330 g/mol. The first-order valence-corrected chi connectivity index (χ1v) is 8.31. The van der Waals surface area contributed by atoms with Gasteiger partial charge in [0.25, 0.3) is 0 Å². The maximum atomic E-state index is 10.5. The monoisotopic (exact) mass is 349 g/mol. The molecule has 3 rings (SSSR count). The minimum Gasteiger partial charge on any atom is -0.490 e. The summed E-state index contributed by atoms with van der Waals surface area (Å²) in [5.41, 5.74) is 2.47. The predicted molar refractivity (Wildman–Crippen MR) is 99.0 cm³/mol. The first-order chi connectivity index (χ1) is 12.8. The van der Waals surface area contributed by atoms with Crippen LogP contribution in [-0.2, 0) is 11.4 Å². The van der Waals surface area contributed by atoms with Crippen molar-refractivity contribution in [3.05, 3.63) is 72.1 Å². The van der Waals surface area contributed by atoms with Crippen molar-refractivity contribution in [2.75, 3.05) is 6.61 Å². The van der Waals surface area contributed by atoms with Gasteiger partial charge in [0.1, 0.15) is 24.9 Å². The Bertz CT molecular complexity index is 884. The molecule has 1 heterocycles. The van der Waals surface area contributed by atoms with Crippen molar-refractivity contribution in [1.29, 1.82) is 0 Å². The molecule has 0 radical (unpaired) electrons. The average Bonchev–Trinajstić information content (AvgIpc) is 3.15. The van der Waals surface area contributed by atoms with Gasteiger partial charge in [0.15, 0.2) is 11.5 Å². The van der Waals surface area contributed by atoms with E-state index in [0.717, 1.165) is 17.4 Å². The molecule has 0 saturated carbocycles. The molecule has 0 N–H and O–H groups in total. The molecule has 0 fully saturated rings. The number of hydrogen-bond acceptors (Lipinski definition) is 5. The molecule has 5 heteroatoms. The van der Waals surface area contributed by atoms with Crippen LogP contribution >= 0.6 is 0 Å². The standard InChI is InChI=1S/C21H19NO4/c1-2-24-20-13-16(7-6-12-23)10-11-19(20)25-14-18-15-26-21(22-18)17-8-4-3-5-9-17/h3-13,15H,2,14H2,1H3/b7-6+. The van der Waals surface area contributed by atoms with E-state index in [9.17, 15) is 4.79 Å². The third kappa shape index (κ3) is 4.39. The van der Waals surface area contributed by atoms with Gasteiger partial charge >= 0.3 is 0 Å². The summed E-state index contributed by atoms with van der Waals surface area (Å²) < 4.78 is 17.0. The van der Waals surface area contributed by atoms with Crippen LogP contribution in [0.3, 0.4) is 0 Å². The van der Waals surface area contributed by atoms with Crippen molar-refractivity contribution in [1.82, 2.24) is 4.98 Å². The molecule has 0 aliphatic rings. The second-order valence-corrected chi connectivity index (χ2v) is 5.43. The van der Waals surface area contributed by atoms with Crippen LogP contribution in [0.4, 0.5) is 0 Å². The molecule has 0 atom stereocenters. The number of benzene rings is 2. The van der Waals surface area contributed by atoms with E-state index < -0.39 is 0 Å². The van der Waals surface area contributed by atoms with Gasteiger partial charge < -0.3 is 13.9 Å². The van der Waals surface area contributed by atoms with E-state index >= 15 is 0 Å². The van der Waals surface area contributed by atoms with Crippen LogP contribution < -0.4 is 9.47 Å². The SMILES string of the molecule is CCOc1cc(/C=C/C=O)ccc1OCc1coc(-c2ccccc2)n1. The van der Waals surface area contributed by atoms with Crippen molar-refractivity contribution in [2.24, 2.45) is 0 Å². The van der Waals surface area contributed by atoms with Gasteiger partial charge in [0.2, 0.25) is 5.89 Å². The maximum absolute atomic E-state index is 10.5. The van der Waals surface area contributed by atoms with Gasteiger partial charge in [-0.2, -0.15) is 0 Å². The molecule has 1 aromatic heterocycles. The average molecular weight is 349 g/mol. The lowest BCUT2D eigenvalue weighted by Crippen LogP contribution is -2.00. The molecule has 0 aliphatic carbocycles. The summed E-state index contributed by atoms with van der Waals surface area (Å²) in [7, 11) is 0. The highest BCUT2D eigenvalue weighted by atomic mass is 16.5. The Labute approximate surface area is 151 Å². The van der Waals surface area contributed by atoms with Gasteiger partial charge in [-0.1, -0.05) is 30.3 Å². The van der Waals surface area contributed by atoms with Crippen LogP contribution in [0.2, 0.25) is 0 Å². The van der Waals surface area contributed by atoms with E-state index in [1.54, 1.807) is 12.3 Å². The van der Waals surface area contributed by atoms with Crippen molar-refractivity contribution >= 4 is 12.4 Å². The van der Waals surface area contributed by atoms with E-state index in [1.807, 2.05) is 55.5 Å². The molecule has 0 amide bonds. The first-order valence-electron chi connectivity index (χ1n) is 8.31. The minimum atomic E-state index is 0.264. The van der Waals surface area contributed by atoms with Crippen LogP contribution in [0.5, 0.6) is 11.5 Å². The molecule has 26 heavy (non-hydrogen) atoms. The maximum Gasteiger partial charge on any atom is 0.226 e. The lowest BCUT2D eigenvalue weighted by molar-refractivity contribution is -0.104. The number of rotatable bonds is 8. The molecular formula is C21H19NO4. The molecule has 0 saturated heterocycles. The molecule has 5 nitrogen and oxygen atoms in total. The number of allylic oxidation sites excluding steroid dienone is 1. The van der Waals surface area contributed by atoms with Gasteiger partial charge in [0, 0.05) is 5.56 Å². The number of carbonyl (C=O) groups is 1. The fourth-order valence-corrected chi connectivity index (χ4v) is 2.40. The molecule has 0 spiro atoms. The smallest absolute Gasteiger partial charge is 0.226 e. The van der Waals surface area contributed by atoms with E-state index in [4.69, 9.17) is 13.9 Å². The van der Waals surface area contributed by atoms with E-state index in [2.05, 4.69) is 4.98 Å². The molecule has 0 unspecified atom stereocenters. The fourth-order valence-electron chi connectivity index (χ4n) is 2.40. The van der Waals surface area contributed by atoms with Gasteiger partial charge in [-0.3, -0.25) is 4.79 Å². The van der Waals surface area contributed by atoms with Crippen molar-refractivity contribution in [3.8, 4) is 23.0 Å². The summed E-state index contributed by atoms with van der Waals surface area (Å²) in [6.07, 6.45) is 5.47. The van der Waals surface area contributed by atoms with Gasteiger partial charge in [-0.25, -0.2) is 4.98 Å². The summed E-state index contributed by atoms with van der Waals surface area (Å²) in [4.78, 5) is 14.9. The lowest BCUT2D eigenvalue weighted by Gasteiger charge is -2.11. The number of hydrogen-bond donors (Lipinski definition) is 0. The zero-order valence-electron chi connectivity index (χ0n) is 14.4. The molecule has 2 aromatic carbocycles. The predicted octanol–water partition coefficient (Wildman–Crippen LogP) is 4.53. The lowest BCUT2D eigenvalue weighted by atomic mass is 10.2. The Morgan fingerprint density at radius 2 is 1.92 bits per heavy atom. The highest BCUT2D eigenvalue weighted by Crippen LogP contribution is 2.30. The topological polar surface area (TPSA) is 61.6 Å². The molecule has 3 aromatic rings. The normalized spacial score (nSPS) is 10.8. The zero-order chi connectivity index (χ0) is 18.2. The first kappa shape index (κ1) is 17.5. The van der Waals surface area contributed by atoms with E-state index in [0.29, 0.717) is 29.7 Å². The highest BCUT2D eigenvalue weighted by Gasteiger charge is 2.10. The van der Waals surface area contributed by atoms with Crippen LogP contribution in [0.25, 0.3) is 17.5 Å². The van der Waals surface area contributed by atoms with Crippen LogP contribution in [0.1, 0.15) is 18.2 Å². The van der Waals surface area contributed by atoms with E-state index in [-0.39, 0.29) is 6.61 Å². The van der Waals surface area contributed by atoms with Crippen molar-refractivity contribution in [3.63, 3.8) is 0 Å². The Morgan fingerprint density at radius 3 is 2.69 bits per heavy atom. The third-order valence-corrected chi connectivity index (χ3v) is 3.58. The largest absolute Gasteiger partial charge is 0.490 e. The van der Waals surface area contributed by atoms with Crippen molar-refractivity contribution in [2.45, 2.75) is 13.5 Å². The molecule has 132 valence electrons. The van der Waals surface area contributed by atoms with Crippen LogP contribution in [0.15, 0.2) is 65.3 Å². The second-order valence-electron chi connectivity index (χ2n) is 5.43. The van der Waals surface area contributed by atoms with E-state index in [1.165, 1.54) is 6.08 Å². The Balaban J connectivity index is 1.72. The number of aromatic nitrogens is 1. The number of aldehydes is 1. The highest BCUT2D eigenvalue weighted by molar-refractivity contribution is 5.74. The molecule has 0 aliphatic heterocycles. The number of ether oxygens (including phenoxy) is 2. The Hall–Kier alpha value is -3.34. The van der Waals surface area contributed by atoms with Gasteiger partial charge in [0.05, 0.1) is 6.61 Å². The zero-order valence-corrected chi connectivity index (χ0v) is 14.4. The van der Waals surface area contributed by atoms with Crippen molar-refractivity contribution < 1.29 is 18.7 Å². The third-order valence-electron chi connectivity index (χ3n) is 3.58. The summed E-state index contributed by atoms with van der Waals surface area (Å²) in [5, 5.41) is 0. The van der Waals surface area contributed by atoms with Crippen LogP contribution in [-0.4, -0.2) is 17.9 Å². The second kappa shape index (κ2) is 8.67. The molecule has 0 bridgehead atoms. The number of nitrogens with zero attached hydrogens (tertiary/aromatic N) is 1. The van der Waals surface area contributed by atoms with Gasteiger partial charge in [-0.05, 0) is 42.8 Å². The van der Waals surface area contributed by atoms with Gasteiger partial charge in [-0.15, -0.1) is 0 Å². The van der Waals surface area contributed by atoms with Crippen LogP contribution in [0, 0.1) is 0 Å². The quantitative estimate of drug-likeness (QED) is 0.442. The Morgan fingerprint density at radius 1 is 1.08 bits per heavy atom. The minimum absolute atomic E-state index is 0.264. The summed E-state index contributed by atoms with van der Waals surface area (Å²) in [5.74, 6) is 1.79. The fraction of sp³-hybridized carbons (Fsp3) is 0.143. The summed E-state index contributed by atoms with van der Waals surface area (Å²) in [6, 6.07) is 15.2. The Kier molecular flexibility index (Phi) is 5.83.